The summed E-state index contributed by atoms with van der Waals surface area (Å²) in [5, 5.41) is 5.82. The first kappa shape index (κ1) is 17.4. The fourth-order valence-corrected chi connectivity index (χ4v) is 4.36. The number of hydrogen-bond donors (Lipinski definition) is 0. The van der Waals surface area contributed by atoms with Gasteiger partial charge in [-0.25, -0.2) is 9.67 Å². The largest absolute Gasteiger partial charge is 0.331 e. The fourth-order valence-electron chi connectivity index (χ4n) is 3.25. The molecule has 5 rings (SSSR count). The lowest BCUT2D eigenvalue weighted by Gasteiger charge is -2.22. The molecule has 1 aliphatic rings. The molecule has 0 bridgehead atoms. The summed E-state index contributed by atoms with van der Waals surface area (Å²) in [5.74, 6) is -0.00478. The summed E-state index contributed by atoms with van der Waals surface area (Å²) in [6, 6.07) is 15.9. The third-order valence-electron chi connectivity index (χ3n) is 4.80. The van der Waals surface area contributed by atoms with Crippen LogP contribution in [0.25, 0.3) is 15.3 Å². The van der Waals surface area contributed by atoms with Gasteiger partial charge in [-0.3, -0.25) is 4.79 Å². The number of benzene rings is 2. The predicted octanol–water partition coefficient (Wildman–Crippen LogP) is 4.94. The molecule has 0 N–H and O–H groups in total. The second-order valence-electron chi connectivity index (χ2n) is 6.93. The van der Waals surface area contributed by atoms with Gasteiger partial charge in [0.2, 0.25) is 5.13 Å². The third kappa shape index (κ3) is 3.41. The SMILES string of the molecule is O=C(c1cnn(-c2nc3ccccc3s2)c1)N(Cc1cccc(Cl)c1)C1CC1. The Hall–Kier alpha value is -2.70. The lowest BCUT2D eigenvalue weighted by molar-refractivity contribution is 0.0730. The molecular formula is C21H17ClN4OS. The number of halogens is 1. The van der Waals surface area contributed by atoms with E-state index in [9.17, 15) is 4.79 Å². The average molecular weight is 409 g/mol. The van der Waals surface area contributed by atoms with Gasteiger partial charge < -0.3 is 4.90 Å². The summed E-state index contributed by atoms with van der Waals surface area (Å²) >= 11 is 7.66. The van der Waals surface area contributed by atoms with Gasteiger partial charge in [0.25, 0.3) is 5.91 Å². The van der Waals surface area contributed by atoms with Crippen LogP contribution in [0, 0.1) is 0 Å². The van der Waals surface area contributed by atoms with Gasteiger partial charge in [-0.05, 0) is 42.7 Å². The van der Waals surface area contributed by atoms with E-state index >= 15 is 0 Å². The van der Waals surface area contributed by atoms with Crippen molar-refractivity contribution in [1.82, 2.24) is 19.7 Å². The topological polar surface area (TPSA) is 51.0 Å². The van der Waals surface area contributed by atoms with Gasteiger partial charge in [-0.1, -0.05) is 47.2 Å². The molecule has 1 saturated carbocycles. The number of aromatic nitrogens is 3. The Balaban J connectivity index is 1.41. The Bertz CT molecular complexity index is 1130. The molecule has 2 heterocycles. The fraction of sp³-hybridized carbons (Fsp3) is 0.190. The van der Waals surface area contributed by atoms with E-state index in [1.165, 1.54) is 0 Å². The Morgan fingerprint density at radius 1 is 1.21 bits per heavy atom. The third-order valence-corrected chi connectivity index (χ3v) is 6.06. The number of amides is 1. The van der Waals surface area contributed by atoms with Gasteiger partial charge in [-0.15, -0.1) is 0 Å². The molecule has 0 aliphatic heterocycles. The molecular weight excluding hydrogens is 392 g/mol. The van der Waals surface area contributed by atoms with E-state index in [4.69, 9.17) is 11.6 Å². The molecule has 1 fully saturated rings. The molecule has 5 nitrogen and oxygen atoms in total. The van der Waals surface area contributed by atoms with Crippen molar-refractivity contribution in [1.29, 1.82) is 0 Å². The van der Waals surface area contributed by atoms with Crippen molar-refractivity contribution >= 4 is 39.1 Å². The van der Waals surface area contributed by atoms with Crippen LogP contribution in [-0.4, -0.2) is 31.6 Å². The van der Waals surface area contributed by atoms with Gasteiger partial charge in [-0.2, -0.15) is 5.10 Å². The number of fused-ring (bicyclic) bond motifs is 1. The van der Waals surface area contributed by atoms with Crippen molar-refractivity contribution in [2.45, 2.75) is 25.4 Å². The lowest BCUT2D eigenvalue weighted by atomic mass is 10.2. The molecule has 4 aromatic rings. The lowest BCUT2D eigenvalue weighted by Crippen LogP contribution is -2.32. The summed E-state index contributed by atoms with van der Waals surface area (Å²) < 4.78 is 2.78. The second-order valence-corrected chi connectivity index (χ2v) is 8.38. The van der Waals surface area contributed by atoms with Gasteiger partial charge >= 0.3 is 0 Å². The predicted molar refractivity (Wildman–Crippen MR) is 111 cm³/mol. The number of carbonyl (C=O) groups is 1. The van der Waals surface area contributed by atoms with Crippen LogP contribution in [0.15, 0.2) is 60.9 Å². The zero-order chi connectivity index (χ0) is 19.1. The normalized spacial score (nSPS) is 13.8. The zero-order valence-corrected chi connectivity index (χ0v) is 16.5. The maximum absolute atomic E-state index is 13.2. The number of para-hydroxylation sites is 1. The maximum atomic E-state index is 13.2. The van der Waals surface area contributed by atoms with E-state index in [0.717, 1.165) is 33.8 Å². The number of carbonyl (C=O) groups excluding carboxylic acids is 1. The first-order valence-electron chi connectivity index (χ1n) is 9.13. The first-order valence-corrected chi connectivity index (χ1v) is 10.3. The van der Waals surface area contributed by atoms with Crippen molar-refractivity contribution in [2.75, 3.05) is 0 Å². The van der Waals surface area contributed by atoms with E-state index in [-0.39, 0.29) is 11.9 Å². The highest BCUT2D eigenvalue weighted by Crippen LogP contribution is 2.31. The molecule has 0 saturated heterocycles. The Morgan fingerprint density at radius 3 is 2.86 bits per heavy atom. The highest BCUT2D eigenvalue weighted by molar-refractivity contribution is 7.20. The van der Waals surface area contributed by atoms with Crippen LogP contribution in [0.1, 0.15) is 28.8 Å². The van der Waals surface area contributed by atoms with Gasteiger partial charge in [0, 0.05) is 23.8 Å². The van der Waals surface area contributed by atoms with Crippen LogP contribution >= 0.6 is 22.9 Å². The van der Waals surface area contributed by atoms with Crippen LogP contribution in [0.5, 0.6) is 0 Å². The number of nitrogens with zero attached hydrogens (tertiary/aromatic N) is 4. The van der Waals surface area contributed by atoms with E-state index < -0.39 is 0 Å². The summed E-state index contributed by atoms with van der Waals surface area (Å²) in [5.41, 5.74) is 2.55. The molecule has 0 radical (unpaired) electrons. The minimum absolute atomic E-state index is 0.00478. The van der Waals surface area contributed by atoms with Crippen LogP contribution < -0.4 is 0 Å². The standard InChI is InChI=1S/C21H17ClN4OS/c22-16-5-3-4-14(10-16)12-25(17-8-9-17)20(27)15-11-23-26(13-15)21-24-18-6-1-2-7-19(18)28-21/h1-7,10-11,13,17H,8-9,12H2. The van der Waals surface area contributed by atoms with Gasteiger partial charge in [0.1, 0.15) is 0 Å². The number of rotatable bonds is 5. The molecule has 28 heavy (non-hydrogen) atoms. The minimum Gasteiger partial charge on any atom is -0.331 e. The number of thiazole rings is 1. The molecule has 7 heteroatoms. The van der Waals surface area contributed by atoms with Crippen LogP contribution in [-0.2, 0) is 6.54 Å². The van der Waals surface area contributed by atoms with Crippen LogP contribution in [0.4, 0.5) is 0 Å². The smallest absolute Gasteiger partial charge is 0.257 e. The highest BCUT2D eigenvalue weighted by atomic mass is 35.5. The molecule has 0 unspecified atom stereocenters. The summed E-state index contributed by atoms with van der Waals surface area (Å²) in [6.45, 7) is 0.552. The average Bonchev–Trinajstić information content (AvgIpc) is 3.25. The van der Waals surface area contributed by atoms with Crippen molar-refractivity contribution in [3.05, 3.63) is 77.1 Å². The Kier molecular flexibility index (Phi) is 4.37. The molecule has 1 amide bonds. The molecule has 140 valence electrons. The van der Waals surface area contributed by atoms with Crippen LogP contribution in [0.2, 0.25) is 5.02 Å². The van der Waals surface area contributed by atoms with Gasteiger partial charge in [0.15, 0.2) is 0 Å². The molecule has 2 aromatic heterocycles. The molecule has 1 aliphatic carbocycles. The van der Waals surface area contributed by atoms with E-state index in [1.54, 1.807) is 28.4 Å². The molecule has 2 aromatic carbocycles. The zero-order valence-electron chi connectivity index (χ0n) is 15.0. The molecule has 0 spiro atoms. The van der Waals surface area contributed by atoms with E-state index in [2.05, 4.69) is 10.1 Å². The maximum Gasteiger partial charge on any atom is 0.257 e. The Morgan fingerprint density at radius 2 is 2.07 bits per heavy atom. The quantitative estimate of drug-likeness (QED) is 0.470. The minimum atomic E-state index is -0.00478. The summed E-state index contributed by atoms with van der Waals surface area (Å²) in [4.78, 5) is 19.7. The highest BCUT2D eigenvalue weighted by Gasteiger charge is 2.33. The van der Waals surface area contributed by atoms with Crippen LogP contribution in [0.3, 0.4) is 0 Å². The van der Waals surface area contributed by atoms with E-state index in [1.807, 2.05) is 53.4 Å². The number of hydrogen-bond acceptors (Lipinski definition) is 4. The molecule has 0 atom stereocenters. The van der Waals surface area contributed by atoms with E-state index in [0.29, 0.717) is 17.1 Å². The van der Waals surface area contributed by atoms with Crippen molar-refractivity contribution < 1.29 is 4.79 Å². The van der Waals surface area contributed by atoms with Crippen molar-refractivity contribution in [3.8, 4) is 5.13 Å². The first-order chi connectivity index (χ1) is 13.7. The van der Waals surface area contributed by atoms with Crippen molar-refractivity contribution in [3.63, 3.8) is 0 Å². The summed E-state index contributed by atoms with van der Waals surface area (Å²) in [6.07, 6.45) is 5.48. The summed E-state index contributed by atoms with van der Waals surface area (Å²) in [7, 11) is 0. The van der Waals surface area contributed by atoms with Crippen molar-refractivity contribution in [2.24, 2.45) is 0 Å². The monoisotopic (exact) mass is 408 g/mol. The Labute approximate surface area is 171 Å². The van der Waals surface area contributed by atoms with Gasteiger partial charge in [0.05, 0.1) is 22.0 Å². The second kappa shape index (κ2) is 7.04.